The summed E-state index contributed by atoms with van der Waals surface area (Å²) >= 11 is 0. The van der Waals surface area contributed by atoms with Crippen molar-refractivity contribution in [3.05, 3.63) is 17.5 Å². The Labute approximate surface area is 117 Å². The van der Waals surface area contributed by atoms with Gasteiger partial charge in [-0.1, -0.05) is 5.16 Å². The Morgan fingerprint density at radius 3 is 2.85 bits per heavy atom. The van der Waals surface area contributed by atoms with Gasteiger partial charge >= 0.3 is 0 Å². The van der Waals surface area contributed by atoms with Crippen molar-refractivity contribution in [2.24, 2.45) is 11.8 Å². The molecule has 2 amide bonds. The van der Waals surface area contributed by atoms with Crippen LogP contribution in [0.25, 0.3) is 0 Å². The van der Waals surface area contributed by atoms with Crippen LogP contribution in [0.2, 0.25) is 0 Å². The first-order valence-corrected chi connectivity index (χ1v) is 6.49. The number of carbonyl (C=O) groups is 2. The second-order valence-corrected chi connectivity index (χ2v) is 4.96. The van der Waals surface area contributed by atoms with Gasteiger partial charge in [-0.2, -0.15) is 0 Å². The lowest BCUT2D eigenvalue weighted by Gasteiger charge is -2.15. The van der Waals surface area contributed by atoms with Crippen molar-refractivity contribution in [3.63, 3.8) is 0 Å². The topological polar surface area (TPSA) is 84.7 Å². The van der Waals surface area contributed by atoms with Gasteiger partial charge in [0, 0.05) is 33.2 Å². The molecule has 2 atom stereocenters. The van der Waals surface area contributed by atoms with E-state index in [9.17, 15) is 9.59 Å². The highest BCUT2D eigenvalue weighted by Gasteiger charge is 2.39. The number of hydrogen-bond acceptors (Lipinski definition) is 5. The fourth-order valence-corrected chi connectivity index (χ4v) is 2.57. The first-order valence-electron chi connectivity index (χ1n) is 6.49. The maximum absolute atomic E-state index is 12.4. The van der Waals surface area contributed by atoms with E-state index in [2.05, 4.69) is 10.5 Å². The van der Waals surface area contributed by atoms with Gasteiger partial charge in [0.15, 0.2) is 0 Å². The minimum Gasteiger partial charge on any atom is -0.384 e. The molecule has 7 heteroatoms. The van der Waals surface area contributed by atoms with Gasteiger partial charge in [-0.25, -0.2) is 0 Å². The number of methoxy groups -OCH3 is 1. The predicted molar refractivity (Wildman–Crippen MR) is 70.1 cm³/mol. The van der Waals surface area contributed by atoms with Gasteiger partial charge in [-0.05, 0) is 6.92 Å². The van der Waals surface area contributed by atoms with Crippen molar-refractivity contribution in [3.8, 4) is 0 Å². The molecule has 0 radical (unpaired) electrons. The Kier molecular flexibility index (Phi) is 4.39. The molecule has 0 aliphatic carbocycles. The van der Waals surface area contributed by atoms with Gasteiger partial charge in [0.25, 0.3) is 5.91 Å². The molecule has 0 aromatic carbocycles. The summed E-state index contributed by atoms with van der Waals surface area (Å²) in [6.45, 7) is 3.05. The average Bonchev–Trinajstić information content (AvgIpc) is 3.04. The van der Waals surface area contributed by atoms with Gasteiger partial charge in [-0.15, -0.1) is 0 Å². The zero-order valence-corrected chi connectivity index (χ0v) is 11.9. The van der Waals surface area contributed by atoms with Crippen LogP contribution in [0.3, 0.4) is 0 Å². The van der Waals surface area contributed by atoms with E-state index in [1.807, 2.05) is 0 Å². The third kappa shape index (κ3) is 2.67. The second kappa shape index (κ2) is 6.04. The van der Waals surface area contributed by atoms with Crippen molar-refractivity contribution in [2.75, 3.05) is 33.9 Å². The number of hydrogen-bond donors (Lipinski definition) is 1. The van der Waals surface area contributed by atoms with Gasteiger partial charge < -0.3 is 19.5 Å². The van der Waals surface area contributed by atoms with Crippen LogP contribution in [-0.4, -0.2) is 55.7 Å². The number of aromatic nitrogens is 1. The van der Waals surface area contributed by atoms with Crippen LogP contribution in [0.15, 0.2) is 10.8 Å². The fourth-order valence-electron chi connectivity index (χ4n) is 2.57. The lowest BCUT2D eigenvalue weighted by atomic mass is 9.96. The number of amides is 2. The second-order valence-electron chi connectivity index (χ2n) is 4.96. The molecule has 0 saturated carbocycles. The SMILES string of the molecule is CNC(=O)[C@@H]1CN(C(=O)c2conc2C)C[C@H]1COC. The molecule has 20 heavy (non-hydrogen) atoms. The van der Waals surface area contributed by atoms with Crippen LogP contribution >= 0.6 is 0 Å². The molecule has 110 valence electrons. The van der Waals surface area contributed by atoms with E-state index < -0.39 is 0 Å². The number of nitrogens with one attached hydrogen (secondary N) is 1. The quantitative estimate of drug-likeness (QED) is 0.844. The molecule has 2 heterocycles. The molecule has 0 bridgehead atoms. The van der Waals surface area contributed by atoms with E-state index >= 15 is 0 Å². The summed E-state index contributed by atoms with van der Waals surface area (Å²) < 4.78 is 9.94. The molecule has 1 aliphatic rings. The smallest absolute Gasteiger partial charge is 0.259 e. The Morgan fingerprint density at radius 2 is 2.30 bits per heavy atom. The highest BCUT2D eigenvalue weighted by atomic mass is 16.5. The third-order valence-electron chi connectivity index (χ3n) is 3.67. The van der Waals surface area contributed by atoms with E-state index in [1.54, 1.807) is 26.0 Å². The highest BCUT2D eigenvalue weighted by molar-refractivity contribution is 5.95. The Bertz CT molecular complexity index is 500. The summed E-state index contributed by atoms with van der Waals surface area (Å²) in [7, 11) is 3.19. The summed E-state index contributed by atoms with van der Waals surface area (Å²) in [5.74, 6) is -0.464. The first-order chi connectivity index (χ1) is 9.58. The van der Waals surface area contributed by atoms with Crippen molar-refractivity contribution in [1.82, 2.24) is 15.4 Å². The minimum absolute atomic E-state index is 0.00377. The van der Waals surface area contributed by atoms with E-state index in [1.165, 1.54) is 6.26 Å². The maximum atomic E-state index is 12.4. The van der Waals surface area contributed by atoms with Crippen LogP contribution in [0, 0.1) is 18.8 Å². The molecule has 1 aliphatic heterocycles. The van der Waals surface area contributed by atoms with E-state index in [0.29, 0.717) is 31.0 Å². The highest BCUT2D eigenvalue weighted by Crippen LogP contribution is 2.26. The molecule has 1 saturated heterocycles. The summed E-state index contributed by atoms with van der Waals surface area (Å²) in [5, 5.41) is 6.35. The Morgan fingerprint density at radius 1 is 1.55 bits per heavy atom. The van der Waals surface area contributed by atoms with Crippen LogP contribution in [0.1, 0.15) is 16.1 Å². The molecule has 2 rings (SSSR count). The lowest BCUT2D eigenvalue weighted by Crippen LogP contribution is -2.34. The number of likely N-dealkylation sites (tertiary alicyclic amines) is 1. The van der Waals surface area contributed by atoms with Crippen LogP contribution in [0.4, 0.5) is 0 Å². The Hall–Kier alpha value is -1.89. The summed E-state index contributed by atoms with van der Waals surface area (Å²) in [6.07, 6.45) is 1.34. The molecule has 0 unspecified atom stereocenters. The Balaban J connectivity index is 2.13. The van der Waals surface area contributed by atoms with Gasteiger partial charge in [0.2, 0.25) is 5.91 Å². The number of rotatable bonds is 4. The first kappa shape index (κ1) is 14.5. The van der Waals surface area contributed by atoms with E-state index in [4.69, 9.17) is 9.26 Å². The van der Waals surface area contributed by atoms with Gasteiger partial charge in [0.05, 0.1) is 18.2 Å². The van der Waals surface area contributed by atoms with Gasteiger partial charge in [0.1, 0.15) is 11.8 Å². The molecule has 1 N–H and O–H groups in total. The third-order valence-corrected chi connectivity index (χ3v) is 3.67. The van der Waals surface area contributed by atoms with Crippen molar-refractivity contribution in [1.29, 1.82) is 0 Å². The maximum Gasteiger partial charge on any atom is 0.259 e. The molecule has 0 spiro atoms. The molecular formula is C13H19N3O4. The molecule has 1 aromatic heterocycles. The van der Waals surface area contributed by atoms with Crippen molar-refractivity contribution >= 4 is 11.8 Å². The van der Waals surface area contributed by atoms with Crippen LogP contribution < -0.4 is 5.32 Å². The van der Waals surface area contributed by atoms with Gasteiger partial charge in [-0.3, -0.25) is 9.59 Å². The molecule has 7 nitrogen and oxygen atoms in total. The molecule has 1 fully saturated rings. The fraction of sp³-hybridized carbons (Fsp3) is 0.615. The number of aryl methyl sites for hydroxylation is 1. The van der Waals surface area contributed by atoms with Crippen molar-refractivity contribution < 1.29 is 18.8 Å². The monoisotopic (exact) mass is 281 g/mol. The normalized spacial score (nSPS) is 22.1. The number of nitrogens with zero attached hydrogens (tertiary/aromatic N) is 2. The predicted octanol–water partition coefficient (Wildman–Crippen LogP) is 0.0636. The van der Waals surface area contributed by atoms with Crippen molar-refractivity contribution in [2.45, 2.75) is 6.92 Å². The van der Waals surface area contributed by atoms with E-state index in [-0.39, 0.29) is 23.7 Å². The summed E-state index contributed by atoms with van der Waals surface area (Å²) in [6, 6.07) is 0. The lowest BCUT2D eigenvalue weighted by molar-refractivity contribution is -0.125. The standard InChI is InChI=1S/C13H19N3O4/c1-8-11(7-20-15-8)13(18)16-4-9(6-19-3)10(5-16)12(17)14-2/h7,9-10H,4-6H2,1-3H3,(H,14,17)/t9-,10+/m0/s1. The summed E-state index contributed by atoms with van der Waals surface area (Å²) in [5.41, 5.74) is 1.00. The van der Waals surface area contributed by atoms with Crippen LogP contribution in [-0.2, 0) is 9.53 Å². The molecule has 1 aromatic rings. The zero-order valence-electron chi connectivity index (χ0n) is 11.9. The number of carbonyl (C=O) groups excluding carboxylic acids is 2. The van der Waals surface area contributed by atoms with Crippen LogP contribution in [0.5, 0.6) is 0 Å². The molecular weight excluding hydrogens is 262 g/mol. The zero-order chi connectivity index (χ0) is 14.7. The minimum atomic E-state index is -0.246. The number of ether oxygens (including phenoxy) is 1. The summed E-state index contributed by atoms with van der Waals surface area (Å²) in [4.78, 5) is 25.9. The van der Waals surface area contributed by atoms with E-state index in [0.717, 1.165) is 0 Å². The largest absolute Gasteiger partial charge is 0.384 e. The average molecular weight is 281 g/mol.